The topological polar surface area (TPSA) is 68.4 Å². The van der Waals surface area contributed by atoms with Crippen LogP contribution in [0.25, 0.3) is 10.9 Å². The van der Waals surface area contributed by atoms with Gasteiger partial charge in [-0.25, -0.2) is 0 Å². The minimum Gasteiger partial charge on any atom is -0.357 e. The lowest BCUT2D eigenvalue weighted by atomic mass is 9.77. The Bertz CT molecular complexity index is 1240. The van der Waals surface area contributed by atoms with Crippen LogP contribution in [0.2, 0.25) is 0 Å². The van der Waals surface area contributed by atoms with Gasteiger partial charge in [-0.05, 0) is 42.9 Å². The number of carbonyl (C=O) groups excluding carboxylic acids is 2. The van der Waals surface area contributed by atoms with Gasteiger partial charge in [0.2, 0.25) is 11.8 Å². The lowest BCUT2D eigenvalue weighted by molar-refractivity contribution is -0.144. The number of amides is 2. The molecule has 3 heterocycles. The Morgan fingerprint density at radius 1 is 0.917 bits per heavy atom. The number of likely N-dealkylation sites (tertiary alicyclic amines) is 1. The molecule has 0 bridgehead atoms. The lowest BCUT2D eigenvalue weighted by Crippen LogP contribution is -2.48. The molecule has 1 saturated carbocycles. The van der Waals surface area contributed by atoms with E-state index in [-0.39, 0.29) is 29.7 Å². The van der Waals surface area contributed by atoms with Crippen molar-refractivity contribution in [2.75, 3.05) is 19.6 Å². The third kappa shape index (κ3) is 4.66. The predicted molar refractivity (Wildman–Crippen MR) is 141 cm³/mol. The Morgan fingerprint density at radius 2 is 1.69 bits per heavy atom. The van der Waals surface area contributed by atoms with Gasteiger partial charge in [-0.3, -0.25) is 14.5 Å². The second-order valence-electron chi connectivity index (χ2n) is 10.8. The SMILES string of the molecule is O=C(NC1CCN(Cc2ccccc2)C1)C1CCCCC1C(=O)N1CCc2c([nH]c3ccccc23)C1. The highest BCUT2D eigenvalue weighted by atomic mass is 16.2. The molecule has 188 valence electrons. The number of aromatic amines is 1. The van der Waals surface area contributed by atoms with Crippen molar-refractivity contribution in [3.05, 3.63) is 71.4 Å². The van der Waals surface area contributed by atoms with Crippen molar-refractivity contribution < 1.29 is 9.59 Å². The fourth-order valence-electron chi connectivity index (χ4n) is 6.60. The summed E-state index contributed by atoms with van der Waals surface area (Å²) >= 11 is 0. The summed E-state index contributed by atoms with van der Waals surface area (Å²) in [5.74, 6) is -0.163. The smallest absolute Gasteiger partial charge is 0.226 e. The van der Waals surface area contributed by atoms with E-state index in [1.165, 1.54) is 16.5 Å². The van der Waals surface area contributed by atoms with Crippen LogP contribution >= 0.6 is 0 Å². The van der Waals surface area contributed by atoms with Gasteiger partial charge in [-0.1, -0.05) is 61.4 Å². The van der Waals surface area contributed by atoms with Gasteiger partial charge >= 0.3 is 0 Å². The maximum Gasteiger partial charge on any atom is 0.226 e. The summed E-state index contributed by atoms with van der Waals surface area (Å²) in [4.78, 5) is 35.1. The van der Waals surface area contributed by atoms with Crippen LogP contribution in [0.3, 0.4) is 0 Å². The number of rotatable bonds is 5. The van der Waals surface area contributed by atoms with Gasteiger partial charge in [-0.2, -0.15) is 0 Å². The first-order chi connectivity index (χ1) is 17.7. The number of H-pyrrole nitrogens is 1. The van der Waals surface area contributed by atoms with E-state index in [1.807, 2.05) is 17.0 Å². The third-order valence-electron chi connectivity index (χ3n) is 8.48. The molecule has 3 aliphatic rings. The van der Waals surface area contributed by atoms with Crippen molar-refractivity contribution in [1.82, 2.24) is 20.1 Å². The largest absolute Gasteiger partial charge is 0.357 e. The number of para-hydroxylation sites is 1. The highest BCUT2D eigenvalue weighted by Gasteiger charge is 2.39. The van der Waals surface area contributed by atoms with E-state index in [9.17, 15) is 9.59 Å². The van der Waals surface area contributed by atoms with Crippen LogP contribution < -0.4 is 5.32 Å². The van der Waals surface area contributed by atoms with Crippen molar-refractivity contribution in [2.45, 2.75) is 57.7 Å². The second-order valence-corrected chi connectivity index (χ2v) is 10.8. The van der Waals surface area contributed by atoms with Crippen LogP contribution in [0, 0.1) is 11.8 Å². The van der Waals surface area contributed by atoms with Crippen molar-refractivity contribution in [3.8, 4) is 0 Å². The standard InChI is InChI=1S/C30H36N4O2/c35-29(31-22-14-16-33(19-22)18-21-8-2-1-3-9-21)25-11-4-5-12-26(25)30(36)34-17-15-24-23-10-6-7-13-27(23)32-28(24)20-34/h1-3,6-10,13,22,25-26,32H,4-5,11-12,14-20H2,(H,31,35). The molecule has 0 radical (unpaired) electrons. The molecule has 2 aliphatic heterocycles. The van der Waals surface area contributed by atoms with Gasteiger partial charge in [0.15, 0.2) is 0 Å². The van der Waals surface area contributed by atoms with E-state index in [0.717, 1.165) is 75.9 Å². The zero-order valence-corrected chi connectivity index (χ0v) is 20.9. The van der Waals surface area contributed by atoms with E-state index in [0.29, 0.717) is 6.54 Å². The molecule has 3 unspecified atom stereocenters. The van der Waals surface area contributed by atoms with E-state index >= 15 is 0 Å². The summed E-state index contributed by atoms with van der Waals surface area (Å²) in [7, 11) is 0. The molecule has 6 nitrogen and oxygen atoms in total. The minimum atomic E-state index is -0.210. The quantitative estimate of drug-likeness (QED) is 0.569. The summed E-state index contributed by atoms with van der Waals surface area (Å²) in [6, 6.07) is 19.1. The normalized spacial score (nSPS) is 24.6. The van der Waals surface area contributed by atoms with Gasteiger partial charge in [0, 0.05) is 60.7 Å². The maximum absolute atomic E-state index is 13.7. The number of nitrogens with one attached hydrogen (secondary N) is 2. The molecule has 2 aromatic carbocycles. The molecule has 6 rings (SSSR count). The van der Waals surface area contributed by atoms with E-state index < -0.39 is 0 Å². The number of hydrogen-bond acceptors (Lipinski definition) is 3. The molecular weight excluding hydrogens is 448 g/mol. The molecule has 2 fully saturated rings. The summed E-state index contributed by atoms with van der Waals surface area (Å²) in [5, 5.41) is 4.60. The first kappa shape index (κ1) is 23.3. The van der Waals surface area contributed by atoms with Crippen LogP contribution in [-0.4, -0.2) is 52.3 Å². The van der Waals surface area contributed by atoms with E-state index in [1.54, 1.807) is 0 Å². The molecule has 3 atom stereocenters. The monoisotopic (exact) mass is 484 g/mol. The molecule has 1 saturated heterocycles. The Kier molecular flexibility index (Phi) is 6.53. The molecule has 1 aliphatic carbocycles. The maximum atomic E-state index is 13.7. The Morgan fingerprint density at radius 3 is 2.56 bits per heavy atom. The summed E-state index contributed by atoms with van der Waals surface area (Å²) in [5.41, 5.74) is 4.94. The Labute approximate surface area is 213 Å². The summed E-state index contributed by atoms with van der Waals surface area (Å²) in [6.07, 6.45) is 5.53. The first-order valence-corrected chi connectivity index (χ1v) is 13.6. The van der Waals surface area contributed by atoms with Crippen molar-refractivity contribution in [2.24, 2.45) is 11.8 Å². The van der Waals surface area contributed by atoms with Gasteiger partial charge in [-0.15, -0.1) is 0 Å². The van der Waals surface area contributed by atoms with Crippen molar-refractivity contribution >= 4 is 22.7 Å². The second kappa shape index (κ2) is 10.1. The number of benzene rings is 2. The Balaban J connectivity index is 1.09. The zero-order valence-electron chi connectivity index (χ0n) is 20.9. The molecule has 1 aromatic heterocycles. The van der Waals surface area contributed by atoms with Gasteiger partial charge in [0.25, 0.3) is 0 Å². The fourth-order valence-corrected chi connectivity index (χ4v) is 6.60. The molecule has 36 heavy (non-hydrogen) atoms. The minimum absolute atomic E-state index is 0.0860. The molecular formula is C30H36N4O2. The average molecular weight is 485 g/mol. The first-order valence-electron chi connectivity index (χ1n) is 13.6. The van der Waals surface area contributed by atoms with Gasteiger partial charge in [0.1, 0.15) is 0 Å². The van der Waals surface area contributed by atoms with Crippen LogP contribution in [0.5, 0.6) is 0 Å². The highest BCUT2D eigenvalue weighted by molar-refractivity contribution is 5.89. The lowest BCUT2D eigenvalue weighted by Gasteiger charge is -2.36. The summed E-state index contributed by atoms with van der Waals surface area (Å²) in [6.45, 7) is 4.14. The number of aromatic nitrogens is 1. The van der Waals surface area contributed by atoms with Crippen molar-refractivity contribution in [1.29, 1.82) is 0 Å². The predicted octanol–water partition coefficient (Wildman–Crippen LogP) is 4.25. The molecule has 6 heteroatoms. The van der Waals surface area contributed by atoms with Crippen LogP contribution in [0.1, 0.15) is 48.9 Å². The molecule has 2 N–H and O–H groups in total. The van der Waals surface area contributed by atoms with Crippen LogP contribution in [0.15, 0.2) is 54.6 Å². The zero-order chi connectivity index (χ0) is 24.5. The van der Waals surface area contributed by atoms with Gasteiger partial charge < -0.3 is 15.2 Å². The fraction of sp³-hybridized carbons (Fsp3) is 0.467. The van der Waals surface area contributed by atoms with E-state index in [2.05, 4.69) is 57.7 Å². The average Bonchev–Trinajstić information content (AvgIpc) is 3.52. The van der Waals surface area contributed by atoms with E-state index in [4.69, 9.17) is 0 Å². The van der Waals surface area contributed by atoms with Crippen LogP contribution in [-0.2, 0) is 29.1 Å². The number of carbonyl (C=O) groups is 2. The number of hydrogen-bond donors (Lipinski definition) is 2. The molecule has 2 amide bonds. The number of fused-ring (bicyclic) bond motifs is 3. The molecule has 0 spiro atoms. The van der Waals surface area contributed by atoms with Crippen LogP contribution in [0.4, 0.5) is 0 Å². The molecule has 3 aromatic rings. The highest BCUT2D eigenvalue weighted by Crippen LogP contribution is 2.34. The van der Waals surface area contributed by atoms with Gasteiger partial charge in [0.05, 0.1) is 6.54 Å². The Hall–Kier alpha value is -3.12. The van der Waals surface area contributed by atoms with Crippen molar-refractivity contribution in [3.63, 3.8) is 0 Å². The third-order valence-corrected chi connectivity index (χ3v) is 8.48. The summed E-state index contributed by atoms with van der Waals surface area (Å²) < 4.78 is 0. The number of nitrogens with zero attached hydrogens (tertiary/aromatic N) is 2.